The smallest absolute Gasteiger partial charge is 0.322 e. The quantitative estimate of drug-likeness (QED) is 0.515. The molecule has 176 valence electrons. The minimum atomic E-state index is -1.36. The van der Waals surface area contributed by atoms with Gasteiger partial charge in [0.25, 0.3) is 0 Å². The molecule has 0 aliphatic heterocycles. The third-order valence-corrected chi connectivity index (χ3v) is 10.6. The first kappa shape index (κ1) is 23.9. The molecule has 3 fully saturated rings. The van der Waals surface area contributed by atoms with E-state index in [-0.39, 0.29) is 33.6 Å². The summed E-state index contributed by atoms with van der Waals surface area (Å²) in [6, 6.07) is 0. The first-order valence-corrected chi connectivity index (χ1v) is 13.0. The van der Waals surface area contributed by atoms with Gasteiger partial charge >= 0.3 is 5.97 Å². The highest BCUT2D eigenvalue weighted by Gasteiger charge is 2.66. The Morgan fingerprint density at radius 2 is 1.88 bits per heavy atom. The number of carbonyl (C=O) groups is 3. The number of carboxylic acid groups (broad SMARTS) is 1. The summed E-state index contributed by atoms with van der Waals surface area (Å²) in [5, 5.41) is 23.1. The van der Waals surface area contributed by atoms with Crippen LogP contribution in [0.4, 0.5) is 0 Å². The molecular formula is C24H33NO5S2. The van der Waals surface area contributed by atoms with Crippen LogP contribution in [0.5, 0.6) is 0 Å². The Morgan fingerprint density at radius 1 is 1.16 bits per heavy atom. The van der Waals surface area contributed by atoms with Gasteiger partial charge in [-0.25, -0.2) is 0 Å². The second-order valence-corrected chi connectivity index (χ2v) is 12.2. The summed E-state index contributed by atoms with van der Waals surface area (Å²) in [4.78, 5) is 35.9. The lowest BCUT2D eigenvalue weighted by atomic mass is 9.46. The van der Waals surface area contributed by atoms with Crippen LogP contribution in [0, 0.1) is 28.6 Å². The second-order valence-electron chi connectivity index (χ2n) is 10.6. The molecule has 4 aliphatic carbocycles. The highest BCUT2D eigenvalue weighted by atomic mass is 32.2. The van der Waals surface area contributed by atoms with Gasteiger partial charge in [-0.2, -0.15) is 0 Å². The van der Waals surface area contributed by atoms with Gasteiger partial charge in [0.1, 0.15) is 16.5 Å². The fourth-order valence-electron chi connectivity index (χ4n) is 7.48. The topological polar surface area (TPSA) is 104 Å². The maximum absolute atomic E-state index is 13.2. The molecule has 0 heterocycles. The Balaban J connectivity index is 1.48. The standard InChI is InChI=1S/C24H33NO5S2/c1-22-8-5-15(26)11-14(22)3-4-16-17(22)6-9-23(2)18(16)7-10-24(23,30)19(27)13-32-21(31)25-12-20(28)29/h11,16-18,30H,3-10,12-13H2,1-2H3,(H,25,31)(H,28,29)/t16-,17+,18-,22+,23+,24+/m1/s1. The van der Waals surface area contributed by atoms with E-state index in [2.05, 4.69) is 19.2 Å². The fraction of sp³-hybridized carbons (Fsp3) is 0.750. The van der Waals surface area contributed by atoms with Crippen LogP contribution in [0.2, 0.25) is 0 Å². The van der Waals surface area contributed by atoms with E-state index in [1.807, 2.05) is 6.08 Å². The van der Waals surface area contributed by atoms with Gasteiger partial charge in [-0.3, -0.25) is 14.4 Å². The van der Waals surface area contributed by atoms with Crippen molar-refractivity contribution < 1.29 is 24.6 Å². The number of hydrogen-bond acceptors (Lipinski definition) is 6. The van der Waals surface area contributed by atoms with Crippen LogP contribution in [-0.2, 0) is 14.4 Å². The zero-order valence-electron chi connectivity index (χ0n) is 18.8. The van der Waals surface area contributed by atoms with Crippen molar-refractivity contribution in [2.75, 3.05) is 12.3 Å². The number of Topliss-reactive ketones (excluding diaryl/α,β-unsaturated/α-hetero) is 1. The third-order valence-electron chi connectivity index (χ3n) is 9.29. The molecule has 3 saturated carbocycles. The van der Waals surface area contributed by atoms with E-state index >= 15 is 0 Å². The fourth-order valence-corrected chi connectivity index (χ4v) is 8.41. The van der Waals surface area contributed by atoms with E-state index in [4.69, 9.17) is 17.3 Å². The number of ketones is 2. The average molecular weight is 480 g/mol. The summed E-state index contributed by atoms with van der Waals surface area (Å²) < 4.78 is 0.263. The van der Waals surface area contributed by atoms with Crippen molar-refractivity contribution in [2.45, 2.75) is 70.8 Å². The van der Waals surface area contributed by atoms with Gasteiger partial charge in [0.05, 0.1) is 5.75 Å². The zero-order chi connectivity index (χ0) is 23.3. The van der Waals surface area contributed by atoms with E-state index < -0.39 is 17.0 Å². The monoisotopic (exact) mass is 479 g/mol. The van der Waals surface area contributed by atoms with Gasteiger partial charge in [-0.15, -0.1) is 0 Å². The average Bonchev–Trinajstić information content (AvgIpc) is 3.03. The molecular weight excluding hydrogens is 446 g/mol. The molecule has 8 heteroatoms. The van der Waals surface area contributed by atoms with Crippen LogP contribution >= 0.6 is 24.0 Å². The molecule has 0 radical (unpaired) electrons. The van der Waals surface area contributed by atoms with Crippen LogP contribution in [0.15, 0.2) is 11.6 Å². The minimum Gasteiger partial charge on any atom is -0.480 e. The number of carboxylic acids is 1. The summed E-state index contributed by atoms with van der Waals surface area (Å²) >= 11 is 6.22. The van der Waals surface area contributed by atoms with Crippen molar-refractivity contribution in [1.82, 2.24) is 5.32 Å². The molecule has 6 atom stereocenters. The van der Waals surface area contributed by atoms with Gasteiger partial charge in [-0.05, 0) is 74.2 Å². The van der Waals surface area contributed by atoms with Crippen molar-refractivity contribution in [3.63, 3.8) is 0 Å². The molecule has 0 aromatic carbocycles. The van der Waals surface area contributed by atoms with Crippen LogP contribution in [-0.4, -0.2) is 50.0 Å². The lowest BCUT2D eigenvalue weighted by molar-refractivity contribution is -0.159. The maximum Gasteiger partial charge on any atom is 0.322 e. The van der Waals surface area contributed by atoms with Gasteiger partial charge in [0, 0.05) is 11.8 Å². The van der Waals surface area contributed by atoms with Crippen LogP contribution < -0.4 is 5.32 Å². The summed E-state index contributed by atoms with van der Waals surface area (Å²) in [5.41, 5.74) is -0.427. The van der Waals surface area contributed by atoms with E-state index in [0.717, 1.165) is 50.3 Å². The molecule has 0 spiro atoms. The molecule has 0 aromatic heterocycles. The molecule has 0 amide bonds. The first-order valence-electron chi connectivity index (χ1n) is 11.6. The minimum absolute atomic E-state index is 0.0467. The number of thiocarbonyl (C=S) groups is 1. The molecule has 3 N–H and O–H groups in total. The summed E-state index contributed by atoms with van der Waals surface area (Å²) in [6.45, 7) is 4.15. The largest absolute Gasteiger partial charge is 0.480 e. The normalized spacial score (nSPS) is 40.5. The molecule has 0 unspecified atom stereocenters. The number of nitrogens with one attached hydrogen (secondary N) is 1. The van der Waals surface area contributed by atoms with Crippen LogP contribution in [0.1, 0.15) is 65.2 Å². The molecule has 4 rings (SSSR count). The Kier molecular flexibility index (Phi) is 6.36. The number of aliphatic carboxylic acids is 1. The highest BCUT2D eigenvalue weighted by Crippen LogP contribution is 2.67. The highest BCUT2D eigenvalue weighted by molar-refractivity contribution is 8.23. The van der Waals surface area contributed by atoms with Gasteiger partial charge in [-0.1, -0.05) is 43.4 Å². The second kappa shape index (κ2) is 8.51. The Morgan fingerprint density at radius 3 is 2.59 bits per heavy atom. The van der Waals surface area contributed by atoms with Crippen LogP contribution in [0.25, 0.3) is 0 Å². The van der Waals surface area contributed by atoms with Crippen LogP contribution in [0.3, 0.4) is 0 Å². The van der Waals surface area contributed by atoms with Crippen molar-refractivity contribution in [2.24, 2.45) is 28.6 Å². The molecule has 0 saturated heterocycles. The van der Waals surface area contributed by atoms with Crippen molar-refractivity contribution in [1.29, 1.82) is 0 Å². The number of carbonyl (C=O) groups excluding carboxylic acids is 2. The lowest BCUT2D eigenvalue weighted by Crippen LogP contribution is -2.58. The first-order chi connectivity index (χ1) is 15.0. The number of allylic oxidation sites excluding steroid dienone is 1. The molecule has 32 heavy (non-hydrogen) atoms. The Hall–Kier alpha value is -1.25. The third kappa shape index (κ3) is 3.76. The zero-order valence-corrected chi connectivity index (χ0v) is 20.4. The number of hydrogen-bond donors (Lipinski definition) is 3. The number of aliphatic hydroxyl groups is 1. The Labute approximate surface area is 199 Å². The summed E-state index contributed by atoms with van der Waals surface area (Å²) in [7, 11) is 0. The number of rotatable bonds is 5. The Bertz CT molecular complexity index is 888. The van der Waals surface area contributed by atoms with E-state index in [1.165, 1.54) is 5.57 Å². The van der Waals surface area contributed by atoms with E-state index in [0.29, 0.717) is 30.6 Å². The lowest BCUT2D eigenvalue weighted by Gasteiger charge is -2.58. The SMILES string of the molecule is C[C@]12CCC(=O)C=C1CC[C@H]1[C@H]3CC[C@](O)(C(=O)CSC(=S)NCC(=O)O)[C@@]3(C)CC[C@@H]12. The van der Waals surface area contributed by atoms with Gasteiger partial charge in [0.15, 0.2) is 11.6 Å². The van der Waals surface area contributed by atoms with Crippen molar-refractivity contribution >= 4 is 45.8 Å². The number of fused-ring (bicyclic) bond motifs is 5. The van der Waals surface area contributed by atoms with Crippen molar-refractivity contribution in [3.8, 4) is 0 Å². The summed E-state index contributed by atoms with van der Waals surface area (Å²) in [5.74, 6) is 0.369. The van der Waals surface area contributed by atoms with Crippen molar-refractivity contribution in [3.05, 3.63) is 11.6 Å². The molecule has 0 aromatic rings. The number of thioether (sulfide) groups is 1. The molecule has 0 bridgehead atoms. The van der Waals surface area contributed by atoms with Gasteiger partial charge < -0.3 is 15.5 Å². The van der Waals surface area contributed by atoms with E-state index in [1.54, 1.807) is 0 Å². The maximum atomic E-state index is 13.2. The molecule has 4 aliphatic rings. The summed E-state index contributed by atoms with van der Waals surface area (Å²) in [6.07, 6.45) is 8.53. The predicted molar refractivity (Wildman–Crippen MR) is 127 cm³/mol. The van der Waals surface area contributed by atoms with Gasteiger partial charge in [0.2, 0.25) is 0 Å². The molecule has 6 nitrogen and oxygen atoms in total. The predicted octanol–water partition coefficient (Wildman–Crippen LogP) is 3.51. The van der Waals surface area contributed by atoms with E-state index in [9.17, 15) is 19.5 Å².